The minimum Gasteiger partial charge on any atom is -0.491 e. The molecule has 0 aromatic heterocycles. The molecule has 0 saturated carbocycles. The Kier molecular flexibility index (Phi) is 7.02. The van der Waals surface area contributed by atoms with E-state index in [0.717, 1.165) is 11.3 Å². The van der Waals surface area contributed by atoms with E-state index in [0.29, 0.717) is 26.0 Å². The summed E-state index contributed by atoms with van der Waals surface area (Å²) >= 11 is 0. The molecular weight excluding hydrogens is 354 g/mol. The third kappa shape index (κ3) is 5.43. The molecule has 7 nitrogen and oxygen atoms in total. The molecule has 8 heteroatoms. The summed E-state index contributed by atoms with van der Waals surface area (Å²) in [5.74, 6) is 0.307. The number of aryl methyl sites for hydroxylation is 1. The minimum atomic E-state index is -3.48. The van der Waals surface area contributed by atoms with Crippen LogP contribution in [-0.4, -0.2) is 62.8 Å². The third-order valence-electron chi connectivity index (χ3n) is 4.45. The van der Waals surface area contributed by atoms with E-state index in [1.165, 1.54) is 22.7 Å². The highest BCUT2D eigenvalue weighted by Gasteiger charge is 2.33. The summed E-state index contributed by atoms with van der Waals surface area (Å²) in [6, 6.07) is 7.58. The number of benzene rings is 1. The van der Waals surface area contributed by atoms with Crippen LogP contribution in [0.3, 0.4) is 0 Å². The Morgan fingerprint density at radius 2 is 2.00 bits per heavy atom. The molecule has 2 rings (SSSR count). The van der Waals surface area contributed by atoms with E-state index in [1.807, 2.05) is 38.1 Å². The summed E-state index contributed by atoms with van der Waals surface area (Å²) in [6.45, 7) is 4.93. The molecule has 2 atom stereocenters. The molecule has 1 heterocycles. The average molecular weight is 384 g/mol. The van der Waals surface area contributed by atoms with Gasteiger partial charge in [0.25, 0.3) is 10.2 Å². The second kappa shape index (κ2) is 8.83. The van der Waals surface area contributed by atoms with E-state index in [-0.39, 0.29) is 24.4 Å². The van der Waals surface area contributed by atoms with Gasteiger partial charge in [-0.05, 0) is 38.8 Å². The lowest BCUT2D eigenvalue weighted by atomic mass is 9.98. The van der Waals surface area contributed by atoms with E-state index in [9.17, 15) is 13.2 Å². The number of carbonyl (C=O) groups excluding carboxylic acids is 1. The minimum absolute atomic E-state index is 0.122. The number of nitrogens with zero attached hydrogens (tertiary/aromatic N) is 2. The van der Waals surface area contributed by atoms with Crippen molar-refractivity contribution in [1.82, 2.24) is 13.9 Å². The van der Waals surface area contributed by atoms with Gasteiger partial charge in [0, 0.05) is 27.2 Å². The fraction of sp³-hybridized carbons (Fsp3) is 0.611. The van der Waals surface area contributed by atoms with Gasteiger partial charge >= 0.3 is 0 Å². The lowest BCUT2D eigenvalue weighted by Crippen LogP contribution is -2.50. The van der Waals surface area contributed by atoms with Crippen LogP contribution in [0.1, 0.15) is 25.3 Å². The number of nitrogens with one attached hydrogen (secondary N) is 1. The number of rotatable bonds is 7. The molecular formula is C18H29N3O4S. The van der Waals surface area contributed by atoms with E-state index in [1.54, 1.807) is 0 Å². The van der Waals surface area contributed by atoms with Gasteiger partial charge in [0.15, 0.2) is 0 Å². The molecule has 1 aromatic carbocycles. The van der Waals surface area contributed by atoms with Gasteiger partial charge < -0.3 is 10.1 Å². The molecule has 146 valence electrons. The van der Waals surface area contributed by atoms with Crippen LogP contribution in [-0.2, 0) is 15.0 Å². The maximum Gasteiger partial charge on any atom is 0.281 e. The SMILES string of the molecule is Cc1ccc(OC[C@@H](C)NC(=O)[C@@H]2CCCN(S(=O)(=O)N(C)C)C2)cc1. The Morgan fingerprint density at radius 3 is 2.62 bits per heavy atom. The van der Waals surface area contributed by atoms with E-state index < -0.39 is 10.2 Å². The summed E-state index contributed by atoms with van der Waals surface area (Å²) < 4.78 is 32.8. The predicted molar refractivity (Wildman–Crippen MR) is 101 cm³/mol. The van der Waals surface area contributed by atoms with Crippen LogP contribution in [0, 0.1) is 12.8 Å². The molecule has 0 unspecified atom stereocenters. The highest BCUT2D eigenvalue weighted by molar-refractivity contribution is 7.86. The number of carbonyl (C=O) groups is 1. The van der Waals surface area contributed by atoms with E-state index >= 15 is 0 Å². The molecule has 0 aliphatic carbocycles. The Labute approximate surface area is 156 Å². The van der Waals surface area contributed by atoms with Crippen molar-refractivity contribution in [2.75, 3.05) is 33.8 Å². The van der Waals surface area contributed by atoms with Crippen molar-refractivity contribution in [1.29, 1.82) is 0 Å². The van der Waals surface area contributed by atoms with E-state index in [4.69, 9.17) is 4.74 Å². The van der Waals surface area contributed by atoms with Crippen molar-refractivity contribution in [3.05, 3.63) is 29.8 Å². The van der Waals surface area contributed by atoms with Crippen molar-refractivity contribution in [3.63, 3.8) is 0 Å². The highest BCUT2D eigenvalue weighted by atomic mass is 32.2. The van der Waals surface area contributed by atoms with Gasteiger partial charge in [0.05, 0.1) is 12.0 Å². The molecule has 1 amide bonds. The van der Waals surface area contributed by atoms with Gasteiger partial charge in [-0.2, -0.15) is 17.0 Å². The number of piperidine rings is 1. The summed E-state index contributed by atoms with van der Waals surface area (Å²) in [7, 11) is -0.476. The molecule has 1 aromatic rings. The number of amides is 1. The third-order valence-corrected chi connectivity index (χ3v) is 6.36. The van der Waals surface area contributed by atoms with Crippen molar-refractivity contribution < 1.29 is 17.9 Å². The van der Waals surface area contributed by atoms with Gasteiger partial charge in [-0.3, -0.25) is 4.79 Å². The molecule has 1 saturated heterocycles. The fourth-order valence-electron chi connectivity index (χ4n) is 2.86. The van der Waals surface area contributed by atoms with Crippen LogP contribution in [0.2, 0.25) is 0 Å². The summed E-state index contributed by atoms with van der Waals surface area (Å²) in [5.41, 5.74) is 1.16. The summed E-state index contributed by atoms with van der Waals surface area (Å²) in [5, 5.41) is 2.93. The molecule has 1 N–H and O–H groups in total. The Morgan fingerprint density at radius 1 is 1.35 bits per heavy atom. The van der Waals surface area contributed by atoms with Crippen molar-refractivity contribution >= 4 is 16.1 Å². The lowest BCUT2D eigenvalue weighted by Gasteiger charge is -2.33. The number of ether oxygens (including phenoxy) is 1. The zero-order chi connectivity index (χ0) is 19.3. The maximum atomic E-state index is 12.5. The van der Waals surface area contributed by atoms with Gasteiger partial charge in [-0.15, -0.1) is 0 Å². The standard InChI is InChI=1S/C18H29N3O4S/c1-14-7-9-17(10-8-14)25-13-15(2)19-18(22)16-6-5-11-21(12-16)26(23,24)20(3)4/h7-10,15-16H,5-6,11-13H2,1-4H3,(H,19,22)/t15-,16-/m1/s1. The first-order valence-corrected chi connectivity index (χ1v) is 10.3. The van der Waals surface area contributed by atoms with Crippen LogP contribution in [0.25, 0.3) is 0 Å². The van der Waals surface area contributed by atoms with Gasteiger partial charge in [0.2, 0.25) is 5.91 Å². The van der Waals surface area contributed by atoms with Gasteiger partial charge in [-0.25, -0.2) is 0 Å². The molecule has 0 bridgehead atoms. The zero-order valence-electron chi connectivity index (χ0n) is 15.9. The monoisotopic (exact) mass is 383 g/mol. The first-order chi connectivity index (χ1) is 12.2. The van der Waals surface area contributed by atoms with E-state index in [2.05, 4.69) is 5.32 Å². The average Bonchev–Trinajstić information content (AvgIpc) is 2.61. The van der Waals surface area contributed by atoms with Crippen LogP contribution in [0.15, 0.2) is 24.3 Å². The summed E-state index contributed by atoms with van der Waals surface area (Å²) in [6.07, 6.45) is 1.37. The second-order valence-electron chi connectivity index (χ2n) is 7.02. The molecule has 0 spiro atoms. The Balaban J connectivity index is 1.85. The van der Waals surface area contributed by atoms with Crippen LogP contribution >= 0.6 is 0 Å². The maximum absolute atomic E-state index is 12.5. The molecule has 1 fully saturated rings. The van der Waals surface area contributed by atoms with Gasteiger partial charge in [0.1, 0.15) is 12.4 Å². The first kappa shape index (κ1) is 20.7. The smallest absolute Gasteiger partial charge is 0.281 e. The summed E-state index contributed by atoms with van der Waals surface area (Å²) in [4.78, 5) is 12.5. The molecule has 0 radical (unpaired) electrons. The van der Waals surface area contributed by atoms with Crippen molar-refractivity contribution in [2.45, 2.75) is 32.7 Å². The molecule has 1 aliphatic heterocycles. The second-order valence-corrected chi connectivity index (χ2v) is 9.16. The van der Waals surface area contributed by atoms with Crippen molar-refractivity contribution in [2.24, 2.45) is 5.92 Å². The fourth-order valence-corrected chi connectivity index (χ4v) is 4.05. The normalized spacial score (nSPS) is 20.0. The zero-order valence-corrected chi connectivity index (χ0v) is 16.8. The molecule has 26 heavy (non-hydrogen) atoms. The lowest BCUT2D eigenvalue weighted by molar-refractivity contribution is -0.126. The topological polar surface area (TPSA) is 79.0 Å². The largest absolute Gasteiger partial charge is 0.491 e. The first-order valence-electron chi connectivity index (χ1n) is 8.87. The Hall–Kier alpha value is -1.64. The van der Waals surface area contributed by atoms with Crippen LogP contribution in [0.4, 0.5) is 0 Å². The number of hydrogen-bond acceptors (Lipinski definition) is 4. The Bertz CT molecular complexity index is 704. The van der Waals surface area contributed by atoms with Gasteiger partial charge in [-0.1, -0.05) is 17.7 Å². The predicted octanol–water partition coefficient (Wildman–Crippen LogP) is 1.40. The quantitative estimate of drug-likeness (QED) is 0.772. The molecule has 1 aliphatic rings. The van der Waals surface area contributed by atoms with Crippen LogP contribution < -0.4 is 10.1 Å². The number of hydrogen-bond donors (Lipinski definition) is 1. The highest BCUT2D eigenvalue weighted by Crippen LogP contribution is 2.20. The van der Waals surface area contributed by atoms with Crippen molar-refractivity contribution in [3.8, 4) is 5.75 Å². The van der Waals surface area contributed by atoms with Crippen LogP contribution in [0.5, 0.6) is 5.75 Å².